The molecule has 3 aliphatic rings. The number of carbonyl (C=O) groups is 3. The van der Waals surface area contributed by atoms with Gasteiger partial charge in [-0.1, -0.05) is 18.5 Å². The molecular weight excluding hydrogens is 468 g/mol. The number of rotatable bonds is 5. The molecule has 1 aromatic carbocycles. The molecule has 0 bridgehead atoms. The molecule has 1 heterocycles. The van der Waals surface area contributed by atoms with Gasteiger partial charge < -0.3 is 28.8 Å². The number of carbonyl (C=O) groups excluding carboxylic acids is 3. The SMILES string of the molecule is COC(=O)C1=C[C@H](O)CC[C@@H]1Oc1cc(OC)c(Cl)c2c1C(=O)[C@@]1(O2)C(OC)=CC(=O)C[C@H]1C. The van der Waals surface area contributed by atoms with E-state index in [2.05, 4.69) is 0 Å². The third-order valence-corrected chi connectivity index (χ3v) is 6.77. The Bertz CT molecular complexity index is 1120. The Morgan fingerprint density at radius 2 is 1.91 bits per heavy atom. The van der Waals surface area contributed by atoms with E-state index in [0.29, 0.717) is 12.8 Å². The fraction of sp³-hybridized carbons (Fsp3) is 0.458. The van der Waals surface area contributed by atoms with Gasteiger partial charge in [-0.25, -0.2) is 4.79 Å². The minimum Gasteiger partial charge on any atom is -0.496 e. The number of ether oxygens (including phenoxy) is 5. The van der Waals surface area contributed by atoms with Gasteiger partial charge in [0.25, 0.3) is 0 Å². The number of esters is 1. The van der Waals surface area contributed by atoms with E-state index < -0.39 is 35.5 Å². The van der Waals surface area contributed by atoms with Gasteiger partial charge in [0.1, 0.15) is 28.2 Å². The average Bonchev–Trinajstić information content (AvgIpc) is 3.13. The lowest BCUT2D eigenvalue weighted by molar-refractivity contribution is -0.137. The second-order valence-electron chi connectivity index (χ2n) is 8.41. The van der Waals surface area contributed by atoms with E-state index >= 15 is 0 Å². The van der Waals surface area contributed by atoms with Gasteiger partial charge in [0, 0.05) is 24.5 Å². The van der Waals surface area contributed by atoms with Crippen LogP contribution in [0.25, 0.3) is 0 Å². The molecule has 9 nitrogen and oxygen atoms in total. The second-order valence-corrected chi connectivity index (χ2v) is 8.79. The second kappa shape index (κ2) is 8.96. The van der Waals surface area contributed by atoms with Crippen molar-refractivity contribution in [2.75, 3.05) is 21.3 Å². The van der Waals surface area contributed by atoms with Crippen molar-refractivity contribution < 1.29 is 43.2 Å². The highest BCUT2D eigenvalue weighted by molar-refractivity contribution is 6.35. The Kier molecular flexibility index (Phi) is 6.35. The number of allylic oxidation sites excluding steroid dienone is 1. The Labute approximate surface area is 201 Å². The number of hydrogen-bond acceptors (Lipinski definition) is 9. The molecule has 0 aromatic heterocycles. The number of halogens is 1. The van der Waals surface area contributed by atoms with Crippen molar-refractivity contribution in [1.82, 2.24) is 0 Å². The summed E-state index contributed by atoms with van der Waals surface area (Å²) in [5, 5.41) is 10.1. The van der Waals surface area contributed by atoms with Crippen molar-refractivity contribution in [1.29, 1.82) is 0 Å². The number of hydrogen-bond donors (Lipinski definition) is 1. The van der Waals surface area contributed by atoms with Crippen LogP contribution in [0.2, 0.25) is 5.02 Å². The first kappa shape index (κ1) is 24.1. The molecule has 1 aromatic rings. The van der Waals surface area contributed by atoms with Gasteiger partial charge in [-0.05, 0) is 18.9 Å². The minimum absolute atomic E-state index is 0.0459. The van der Waals surface area contributed by atoms with Gasteiger partial charge in [0.15, 0.2) is 17.3 Å². The van der Waals surface area contributed by atoms with Crippen molar-refractivity contribution in [2.24, 2.45) is 5.92 Å². The van der Waals surface area contributed by atoms with Gasteiger partial charge >= 0.3 is 5.97 Å². The van der Waals surface area contributed by atoms with Crippen LogP contribution in [0.15, 0.2) is 29.6 Å². The largest absolute Gasteiger partial charge is 0.496 e. The summed E-state index contributed by atoms with van der Waals surface area (Å²) in [7, 11) is 4.00. The molecular formula is C24H25ClO9. The maximum absolute atomic E-state index is 13.9. The zero-order valence-corrected chi connectivity index (χ0v) is 19.9. The van der Waals surface area contributed by atoms with Crippen LogP contribution < -0.4 is 14.2 Å². The van der Waals surface area contributed by atoms with E-state index in [9.17, 15) is 19.5 Å². The van der Waals surface area contributed by atoms with E-state index in [1.54, 1.807) is 6.92 Å². The number of aliphatic hydroxyl groups excluding tert-OH is 1. The maximum atomic E-state index is 13.9. The highest BCUT2D eigenvalue weighted by Crippen LogP contribution is 2.54. The summed E-state index contributed by atoms with van der Waals surface area (Å²) in [4.78, 5) is 38.4. The van der Waals surface area contributed by atoms with Crippen molar-refractivity contribution >= 4 is 29.1 Å². The van der Waals surface area contributed by atoms with Crippen LogP contribution in [0.3, 0.4) is 0 Å². The van der Waals surface area contributed by atoms with E-state index in [1.807, 2.05) is 0 Å². The number of ketones is 2. The van der Waals surface area contributed by atoms with Crippen LogP contribution >= 0.6 is 11.6 Å². The lowest BCUT2D eigenvalue weighted by Gasteiger charge is -2.36. The molecule has 4 rings (SSSR count). The maximum Gasteiger partial charge on any atom is 0.337 e. The third kappa shape index (κ3) is 3.63. The topological polar surface area (TPSA) is 118 Å². The molecule has 4 atom stereocenters. The molecule has 2 aliphatic carbocycles. The molecule has 1 N–H and O–H groups in total. The summed E-state index contributed by atoms with van der Waals surface area (Å²) in [6.07, 6.45) is 1.76. The van der Waals surface area contributed by atoms with Crippen molar-refractivity contribution in [3.63, 3.8) is 0 Å². The fourth-order valence-corrected chi connectivity index (χ4v) is 4.96. The van der Waals surface area contributed by atoms with E-state index in [0.717, 1.165) is 0 Å². The van der Waals surface area contributed by atoms with Gasteiger partial charge in [-0.15, -0.1) is 0 Å². The number of fused-ring (bicyclic) bond motifs is 1. The number of aliphatic hydroxyl groups is 1. The summed E-state index contributed by atoms with van der Waals surface area (Å²) in [6, 6.07) is 1.45. The molecule has 0 saturated carbocycles. The molecule has 10 heteroatoms. The first-order valence-electron chi connectivity index (χ1n) is 10.8. The minimum atomic E-state index is -1.59. The molecule has 1 aliphatic heterocycles. The molecule has 0 saturated heterocycles. The molecule has 0 radical (unpaired) electrons. The van der Waals surface area contributed by atoms with Gasteiger partial charge in [0.2, 0.25) is 11.4 Å². The Morgan fingerprint density at radius 1 is 1.18 bits per heavy atom. The zero-order valence-electron chi connectivity index (χ0n) is 19.2. The predicted octanol–water partition coefficient (Wildman–Crippen LogP) is 2.80. The highest BCUT2D eigenvalue weighted by atomic mass is 35.5. The van der Waals surface area contributed by atoms with Gasteiger partial charge in [0.05, 0.1) is 33.0 Å². The summed E-state index contributed by atoms with van der Waals surface area (Å²) >= 11 is 6.52. The van der Waals surface area contributed by atoms with Crippen molar-refractivity contribution in [3.05, 3.63) is 40.1 Å². The van der Waals surface area contributed by atoms with Crippen LogP contribution in [-0.2, 0) is 19.1 Å². The lowest BCUT2D eigenvalue weighted by atomic mass is 9.75. The van der Waals surface area contributed by atoms with E-state index in [-0.39, 0.29) is 51.4 Å². The molecule has 182 valence electrons. The normalized spacial score (nSPS) is 28.0. The van der Waals surface area contributed by atoms with E-state index in [4.69, 9.17) is 35.3 Å². The molecule has 34 heavy (non-hydrogen) atoms. The molecule has 0 unspecified atom stereocenters. The molecule has 0 fully saturated rings. The third-order valence-electron chi connectivity index (χ3n) is 6.41. The summed E-state index contributed by atoms with van der Waals surface area (Å²) in [5.74, 6) is -1.45. The zero-order chi connectivity index (χ0) is 24.8. The standard InChI is InChI=1S/C24H25ClO9/c1-11-7-13(27)9-18(31-3)24(11)22(28)19-16(10-17(30-2)20(25)21(19)34-24)33-15-6-5-12(26)8-14(15)23(29)32-4/h8-12,15,26H,5-7H2,1-4H3/t11-,12-,15+,24+/m1/s1. The first-order chi connectivity index (χ1) is 16.2. The fourth-order valence-electron chi connectivity index (χ4n) is 4.70. The van der Waals surface area contributed by atoms with Crippen LogP contribution in [0.5, 0.6) is 17.2 Å². The summed E-state index contributed by atoms with van der Waals surface area (Å²) in [6.45, 7) is 1.72. The van der Waals surface area contributed by atoms with Gasteiger partial charge in [-0.3, -0.25) is 9.59 Å². The molecule has 1 spiro atoms. The summed E-state index contributed by atoms with van der Waals surface area (Å²) in [5.41, 5.74) is -1.40. The first-order valence-corrected chi connectivity index (χ1v) is 11.1. The smallest absolute Gasteiger partial charge is 0.337 e. The van der Waals surface area contributed by atoms with Crippen LogP contribution in [0.1, 0.15) is 36.5 Å². The molecule has 0 amide bonds. The predicted molar refractivity (Wildman–Crippen MR) is 119 cm³/mol. The average molecular weight is 493 g/mol. The van der Waals surface area contributed by atoms with Crippen LogP contribution in [0.4, 0.5) is 0 Å². The number of methoxy groups -OCH3 is 3. The Morgan fingerprint density at radius 3 is 2.56 bits per heavy atom. The number of benzene rings is 1. The highest BCUT2D eigenvalue weighted by Gasteiger charge is 2.60. The van der Waals surface area contributed by atoms with Crippen molar-refractivity contribution in [3.8, 4) is 17.2 Å². The Hall–Kier alpha value is -3.04. The summed E-state index contributed by atoms with van der Waals surface area (Å²) < 4.78 is 28.0. The Balaban J connectivity index is 1.84. The van der Waals surface area contributed by atoms with Crippen LogP contribution in [-0.4, -0.2) is 61.8 Å². The lowest BCUT2D eigenvalue weighted by Crippen LogP contribution is -2.51. The quantitative estimate of drug-likeness (QED) is 0.619. The van der Waals surface area contributed by atoms with E-state index in [1.165, 1.54) is 39.5 Å². The monoisotopic (exact) mass is 492 g/mol. The van der Waals surface area contributed by atoms with Crippen molar-refractivity contribution in [2.45, 2.75) is 44.0 Å². The van der Waals surface area contributed by atoms with Gasteiger partial charge in [-0.2, -0.15) is 0 Å². The van der Waals surface area contributed by atoms with Crippen LogP contribution in [0, 0.1) is 5.92 Å². The number of Topliss-reactive ketones (excluding diaryl/α,β-unsaturated/α-hetero) is 1.